The van der Waals surface area contributed by atoms with Gasteiger partial charge in [-0.3, -0.25) is 19.1 Å². The van der Waals surface area contributed by atoms with E-state index in [1.54, 1.807) is 28.8 Å². The minimum atomic E-state index is -0.329. The van der Waals surface area contributed by atoms with Crippen LogP contribution < -0.4 is 22.2 Å². The number of benzene rings is 2. The molecule has 314 valence electrons. The number of pyridine rings is 2. The van der Waals surface area contributed by atoms with Crippen molar-refractivity contribution < 1.29 is 21.1 Å². The van der Waals surface area contributed by atoms with E-state index in [0.29, 0.717) is 56.4 Å². The van der Waals surface area contributed by atoms with E-state index in [2.05, 4.69) is 74.1 Å². The second kappa shape index (κ2) is 24.5. The van der Waals surface area contributed by atoms with Crippen LogP contribution in [0.15, 0.2) is 70.5 Å². The van der Waals surface area contributed by atoms with Crippen LogP contribution in [0.4, 0.5) is 5.69 Å². The van der Waals surface area contributed by atoms with Crippen molar-refractivity contribution in [1.82, 2.24) is 49.5 Å². The van der Waals surface area contributed by atoms with Gasteiger partial charge in [-0.1, -0.05) is 89.4 Å². The number of halogens is 1. The fourth-order valence-corrected chi connectivity index (χ4v) is 5.22. The summed E-state index contributed by atoms with van der Waals surface area (Å²) in [6.45, 7) is 8.01. The zero-order chi connectivity index (χ0) is 39.3. The van der Waals surface area contributed by atoms with Gasteiger partial charge in [-0.15, -0.1) is 6.07 Å². The fraction of sp³-hybridized carbons (Fsp3) is 0.333. The molecule has 59 heavy (non-hydrogen) atoms. The Balaban J connectivity index is 0.000000917. The summed E-state index contributed by atoms with van der Waals surface area (Å²) >= 11 is 2.15. The number of anilines is 1. The molecule has 2 aromatic carbocycles. The van der Waals surface area contributed by atoms with Crippen LogP contribution in [0.5, 0.6) is 0 Å². The second-order valence-electron chi connectivity index (χ2n) is 13.2. The summed E-state index contributed by atoms with van der Waals surface area (Å²) in [5, 5.41) is 12.0. The molecule has 8 aromatic rings. The Labute approximate surface area is 389 Å². The minimum Gasteiger partial charge on any atom is -0.399 e. The molecule has 0 aliphatic carbocycles. The van der Waals surface area contributed by atoms with Crippen molar-refractivity contribution in [3.05, 3.63) is 87.7 Å². The van der Waals surface area contributed by atoms with Crippen LogP contribution in [0.2, 0.25) is 0 Å². The van der Waals surface area contributed by atoms with Crippen molar-refractivity contribution in [2.45, 2.75) is 54.4 Å². The summed E-state index contributed by atoms with van der Waals surface area (Å²) < 4.78 is 3.30. The fourth-order valence-electron chi connectivity index (χ4n) is 5.22. The Hall–Kier alpha value is -3.77. The first-order valence-corrected chi connectivity index (χ1v) is 19.3. The summed E-state index contributed by atoms with van der Waals surface area (Å²) in [6.07, 6.45) is 3.51. The maximum atomic E-state index is 12.9. The van der Waals surface area contributed by atoms with Crippen LogP contribution in [0.25, 0.3) is 66.9 Å². The Morgan fingerprint density at radius 2 is 1.20 bits per heavy atom. The van der Waals surface area contributed by atoms with Gasteiger partial charge in [-0.05, 0) is 58.5 Å². The van der Waals surface area contributed by atoms with Crippen molar-refractivity contribution in [2.75, 3.05) is 10.2 Å². The van der Waals surface area contributed by atoms with Crippen molar-refractivity contribution in [3.8, 4) is 22.8 Å². The third-order valence-electron chi connectivity index (χ3n) is 8.39. The molecule has 2 atom stereocenters. The predicted molar refractivity (Wildman–Crippen MR) is 262 cm³/mol. The molecule has 6 heterocycles. The summed E-state index contributed by atoms with van der Waals surface area (Å²) in [5.41, 5.74) is 12.0. The molecule has 0 bridgehead atoms. The van der Waals surface area contributed by atoms with E-state index >= 15 is 0 Å². The number of imidazole rings is 2. The zero-order valence-corrected chi connectivity index (χ0v) is 39.7. The van der Waals surface area contributed by atoms with Crippen molar-refractivity contribution in [1.29, 1.82) is 0 Å². The quantitative estimate of drug-likeness (QED) is 0.0463. The molecule has 2 unspecified atom stereocenters. The van der Waals surface area contributed by atoms with Crippen LogP contribution in [0.1, 0.15) is 42.5 Å². The number of aryl methyl sites for hydroxylation is 2. The average molecular weight is 1120 g/mol. The third kappa shape index (κ3) is 13.1. The van der Waals surface area contributed by atoms with Crippen LogP contribution in [-0.2, 0) is 35.2 Å². The van der Waals surface area contributed by atoms with Crippen LogP contribution >= 0.6 is 49.6 Å². The monoisotopic (exact) mass is 1120 g/mol. The first-order chi connectivity index (χ1) is 25.8. The van der Waals surface area contributed by atoms with Crippen LogP contribution in [0, 0.1) is 17.9 Å². The Morgan fingerprint density at radius 1 is 0.729 bits per heavy atom. The Kier molecular flexibility index (Phi) is 22.9. The molecule has 0 saturated carbocycles. The predicted octanol–water partition coefficient (Wildman–Crippen LogP) is 6.61. The van der Waals surface area contributed by atoms with Crippen LogP contribution in [-0.4, -0.2) is 82.0 Å². The minimum absolute atomic E-state index is 0. The van der Waals surface area contributed by atoms with Crippen molar-refractivity contribution in [2.24, 2.45) is 31.7 Å². The van der Waals surface area contributed by atoms with Gasteiger partial charge in [0.1, 0.15) is 16.9 Å². The largest absolute Gasteiger partial charge is 0.399 e. The van der Waals surface area contributed by atoms with Gasteiger partial charge < -0.3 is 35.8 Å². The van der Waals surface area contributed by atoms with Gasteiger partial charge in [0, 0.05) is 58.6 Å². The molecular formula is C39H54B2IN12O2S2W-. The van der Waals surface area contributed by atoms with Gasteiger partial charge in [0.05, 0.1) is 54.8 Å². The summed E-state index contributed by atoms with van der Waals surface area (Å²) in [4.78, 5) is 48.0. The topological polar surface area (TPSA) is 197 Å². The maximum Gasteiger partial charge on any atom is 0.261 e. The second-order valence-corrected chi connectivity index (χ2v) is 13.2. The number of hydrogen-bond donors (Lipinski definition) is 6. The van der Waals surface area contributed by atoms with E-state index in [9.17, 15) is 9.59 Å². The molecule has 0 saturated heterocycles. The standard InChI is InChI=1S/C18H19BN6O.C14H10N5O.C4H10BN.CH3I.2CH4.2H2S.W/c1-9(2)16(19)23-15-13(17-20-10-6-4-5-7-11(10)21-17)18(26)22-12-8-25(3)24-14(12)15;1-19-7-12-11(18-19)6-8(14(20)17-12)13-15-9-4-2-3-5-10(9)16-13;1-3(2)4(5)6;1-2;;;;;/h4-9,16,23H,1-3H3,(H,20,21)(H,22,26);2-5,7H,1H3,(H,15,16)(H,17,20);3-4H,6H2,1-2H3;1H3;2*1H4;2*1H2;/q;-1;;;;;;;. The first kappa shape index (κ1) is 55.2. The van der Waals surface area contributed by atoms with E-state index in [0.717, 1.165) is 22.1 Å². The molecule has 0 aliphatic heterocycles. The number of nitrogens with zero attached hydrogens (tertiary/aromatic N) is 6. The Morgan fingerprint density at radius 3 is 1.73 bits per heavy atom. The molecule has 8 rings (SSSR count). The molecule has 4 radical (unpaired) electrons. The molecule has 7 N–H and O–H groups in total. The molecular weight excluding hydrogens is 1070 g/mol. The molecule has 20 heteroatoms. The number of nitrogens with two attached hydrogens (primary N) is 1. The maximum absolute atomic E-state index is 12.9. The number of rotatable bonds is 6. The third-order valence-corrected chi connectivity index (χ3v) is 8.39. The summed E-state index contributed by atoms with van der Waals surface area (Å²) in [7, 11) is 15.1. The van der Waals surface area contributed by atoms with Gasteiger partial charge in [-0.25, -0.2) is 4.98 Å². The van der Waals surface area contributed by atoms with E-state index in [1.807, 2.05) is 88.2 Å². The van der Waals surface area contributed by atoms with Gasteiger partial charge >= 0.3 is 0 Å². The van der Waals surface area contributed by atoms with Gasteiger partial charge in [0.15, 0.2) is 5.56 Å². The van der Waals surface area contributed by atoms with Gasteiger partial charge in [0.25, 0.3) is 5.56 Å². The van der Waals surface area contributed by atoms with Crippen LogP contribution in [0.3, 0.4) is 0 Å². The van der Waals surface area contributed by atoms with Crippen molar-refractivity contribution in [3.63, 3.8) is 0 Å². The average Bonchev–Trinajstić information content (AvgIpc) is 3.92. The van der Waals surface area contributed by atoms with E-state index in [-0.39, 0.29) is 91.8 Å². The smallest absolute Gasteiger partial charge is 0.261 e. The summed E-state index contributed by atoms with van der Waals surface area (Å²) in [6, 6.07) is 18.3. The number of nitrogens with one attached hydrogen (secondary N) is 5. The number of aromatic amines is 4. The number of hydrogen-bond acceptors (Lipinski definition) is 8. The number of alkyl halides is 1. The molecule has 6 aromatic heterocycles. The van der Waals surface area contributed by atoms with E-state index in [4.69, 9.17) is 21.4 Å². The van der Waals surface area contributed by atoms with Crippen molar-refractivity contribution >= 4 is 115 Å². The molecule has 0 amide bonds. The Bertz CT molecular complexity index is 2560. The molecule has 0 fully saturated rings. The van der Waals surface area contributed by atoms with E-state index < -0.39 is 0 Å². The number of para-hydroxylation sites is 4. The number of aromatic nitrogens is 10. The first-order valence-electron chi connectivity index (χ1n) is 17.2. The van der Waals surface area contributed by atoms with Gasteiger partial charge in [-0.2, -0.15) is 37.2 Å². The SMILES string of the molecule is C.C.CI.Cn1cc2[nH]c(=O)c(-c3nc4ccccc4[nH]3)[c-]c2n1.S.S.[B]C(N)C(C)C.[B]C(Nc1c(-c2nc3ccccc3[nH]2)c(=O)[nH]c2cn(C)nc12)C(C)C.[W]. The van der Waals surface area contributed by atoms with E-state index in [1.165, 1.54) is 0 Å². The number of H-pyrrole nitrogens is 4. The molecule has 14 nitrogen and oxygen atoms in total. The molecule has 0 spiro atoms. The number of fused-ring (bicyclic) bond motifs is 4. The molecule has 0 aliphatic rings. The van der Waals surface area contributed by atoms with Gasteiger partial charge in [0.2, 0.25) is 0 Å². The zero-order valence-electron chi connectivity index (χ0n) is 32.6. The normalized spacial score (nSPS) is 11.2. The summed E-state index contributed by atoms with van der Waals surface area (Å²) in [5.74, 6) is 1.09.